The SMILES string of the molecule is CN=C(NCCCN1C(=O)COc2ccccc21)N1CCOC(c2ccccc2C)C1.I. The molecule has 0 aliphatic carbocycles. The van der Waals surface area contributed by atoms with Crippen molar-refractivity contribution >= 4 is 41.5 Å². The summed E-state index contributed by atoms with van der Waals surface area (Å²) in [7, 11) is 1.81. The summed E-state index contributed by atoms with van der Waals surface area (Å²) in [5.41, 5.74) is 3.32. The van der Waals surface area contributed by atoms with Crippen molar-refractivity contribution in [1.29, 1.82) is 0 Å². The van der Waals surface area contributed by atoms with Crippen LogP contribution in [0.2, 0.25) is 0 Å². The second kappa shape index (κ2) is 11.5. The molecule has 1 amide bonds. The molecule has 2 aromatic carbocycles. The lowest BCUT2D eigenvalue weighted by molar-refractivity contribution is -0.121. The fourth-order valence-corrected chi connectivity index (χ4v) is 4.15. The molecule has 8 heteroatoms. The number of fused-ring (bicyclic) bond motifs is 1. The Hall–Kier alpha value is -2.33. The standard InChI is InChI=1S/C24H30N4O3.HI/c1-18-8-3-4-9-19(18)22-16-27(14-15-30-22)24(25-2)26-12-7-13-28-20-10-5-6-11-21(20)31-17-23(28)29;/h3-6,8-11,22H,7,12-17H2,1-2H3,(H,25,26);1H. The highest BCUT2D eigenvalue weighted by Crippen LogP contribution is 2.31. The van der Waals surface area contributed by atoms with Gasteiger partial charge in [-0.1, -0.05) is 36.4 Å². The second-order valence-electron chi connectivity index (χ2n) is 7.79. The minimum Gasteiger partial charge on any atom is -0.482 e. The molecule has 2 aliphatic heterocycles. The highest BCUT2D eigenvalue weighted by Gasteiger charge is 2.26. The lowest BCUT2D eigenvalue weighted by Crippen LogP contribution is -2.49. The van der Waals surface area contributed by atoms with Crippen molar-refractivity contribution in [3.63, 3.8) is 0 Å². The monoisotopic (exact) mass is 550 g/mol. The van der Waals surface area contributed by atoms with Crippen molar-refractivity contribution in [2.24, 2.45) is 4.99 Å². The van der Waals surface area contributed by atoms with Gasteiger partial charge in [-0.25, -0.2) is 0 Å². The molecule has 2 aromatic rings. The molecule has 32 heavy (non-hydrogen) atoms. The zero-order chi connectivity index (χ0) is 21.6. The first-order valence-corrected chi connectivity index (χ1v) is 10.8. The number of aliphatic imine (C=N–C) groups is 1. The van der Waals surface area contributed by atoms with Crippen LogP contribution in [0.25, 0.3) is 0 Å². The van der Waals surface area contributed by atoms with Crippen LogP contribution in [0, 0.1) is 6.92 Å². The Balaban J connectivity index is 0.00000289. The quantitative estimate of drug-likeness (QED) is 0.268. The Bertz CT molecular complexity index is 952. The van der Waals surface area contributed by atoms with E-state index in [1.165, 1.54) is 11.1 Å². The number of morpholine rings is 1. The number of para-hydroxylation sites is 2. The van der Waals surface area contributed by atoms with Gasteiger partial charge in [-0.15, -0.1) is 24.0 Å². The molecule has 7 nitrogen and oxygen atoms in total. The number of hydrogen-bond acceptors (Lipinski definition) is 4. The van der Waals surface area contributed by atoms with E-state index in [0.29, 0.717) is 13.2 Å². The van der Waals surface area contributed by atoms with Crippen LogP contribution < -0.4 is 15.0 Å². The molecule has 1 saturated heterocycles. The molecule has 172 valence electrons. The molecule has 1 fully saturated rings. The van der Waals surface area contributed by atoms with Crippen molar-refractivity contribution in [3.8, 4) is 5.75 Å². The van der Waals surface area contributed by atoms with Gasteiger partial charge in [-0.05, 0) is 36.6 Å². The maximum Gasteiger partial charge on any atom is 0.265 e. The summed E-state index contributed by atoms with van der Waals surface area (Å²) in [6.45, 7) is 5.82. The maximum atomic E-state index is 12.3. The van der Waals surface area contributed by atoms with Crippen molar-refractivity contribution < 1.29 is 14.3 Å². The Morgan fingerprint density at radius 1 is 1.19 bits per heavy atom. The smallest absolute Gasteiger partial charge is 0.265 e. The lowest BCUT2D eigenvalue weighted by Gasteiger charge is -2.36. The number of nitrogens with one attached hydrogen (secondary N) is 1. The normalized spacial score (nSPS) is 18.5. The number of rotatable bonds is 5. The van der Waals surface area contributed by atoms with Gasteiger partial charge in [0, 0.05) is 26.7 Å². The van der Waals surface area contributed by atoms with Gasteiger partial charge in [0.2, 0.25) is 0 Å². The number of guanidine groups is 1. The summed E-state index contributed by atoms with van der Waals surface area (Å²) in [4.78, 5) is 20.9. The van der Waals surface area contributed by atoms with Crippen LogP contribution >= 0.6 is 24.0 Å². The van der Waals surface area contributed by atoms with E-state index < -0.39 is 0 Å². The third kappa shape index (κ3) is 5.53. The predicted molar refractivity (Wildman–Crippen MR) is 137 cm³/mol. The van der Waals surface area contributed by atoms with Crippen LogP contribution in [0.15, 0.2) is 53.5 Å². The van der Waals surface area contributed by atoms with Gasteiger partial charge in [0.25, 0.3) is 5.91 Å². The van der Waals surface area contributed by atoms with Gasteiger partial charge in [0.1, 0.15) is 11.9 Å². The molecule has 1 N–H and O–H groups in total. The molecule has 1 unspecified atom stereocenters. The number of carbonyl (C=O) groups excluding carboxylic acids is 1. The molecule has 0 radical (unpaired) electrons. The van der Waals surface area contributed by atoms with Crippen LogP contribution in [0.1, 0.15) is 23.7 Å². The van der Waals surface area contributed by atoms with E-state index in [1.54, 1.807) is 0 Å². The van der Waals surface area contributed by atoms with E-state index in [-0.39, 0.29) is 42.6 Å². The third-order valence-electron chi connectivity index (χ3n) is 5.76. The molecule has 0 bridgehead atoms. The first-order chi connectivity index (χ1) is 15.2. The zero-order valence-corrected chi connectivity index (χ0v) is 21.0. The second-order valence-corrected chi connectivity index (χ2v) is 7.79. The Morgan fingerprint density at radius 2 is 1.97 bits per heavy atom. The van der Waals surface area contributed by atoms with Gasteiger partial charge < -0.3 is 24.6 Å². The summed E-state index contributed by atoms with van der Waals surface area (Å²) in [6, 6.07) is 16.0. The highest BCUT2D eigenvalue weighted by atomic mass is 127. The van der Waals surface area contributed by atoms with E-state index in [2.05, 4.69) is 46.4 Å². The summed E-state index contributed by atoms with van der Waals surface area (Å²) >= 11 is 0. The van der Waals surface area contributed by atoms with Gasteiger partial charge in [-0.2, -0.15) is 0 Å². The van der Waals surface area contributed by atoms with E-state index >= 15 is 0 Å². The Morgan fingerprint density at radius 3 is 2.78 bits per heavy atom. The van der Waals surface area contributed by atoms with Crippen molar-refractivity contribution in [3.05, 3.63) is 59.7 Å². The van der Waals surface area contributed by atoms with Gasteiger partial charge >= 0.3 is 0 Å². The number of halogens is 1. The maximum absolute atomic E-state index is 12.3. The number of anilines is 1. The van der Waals surface area contributed by atoms with Gasteiger partial charge in [-0.3, -0.25) is 9.79 Å². The lowest BCUT2D eigenvalue weighted by atomic mass is 10.0. The number of carbonyl (C=O) groups is 1. The fraction of sp³-hybridized carbons (Fsp3) is 0.417. The Kier molecular flexibility index (Phi) is 8.75. The summed E-state index contributed by atoms with van der Waals surface area (Å²) in [6.07, 6.45) is 0.848. The molecular weight excluding hydrogens is 519 g/mol. The number of benzene rings is 2. The number of hydrogen-bond donors (Lipinski definition) is 1. The molecule has 0 saturated carbocycles. The van der Waals surface area contributed by atoms with Gasteiger partial charge in [0.05, 0.1) is 18.8 Å². The number of aryl methyl sites for hydroxylation is 1. The summed E-state index contributed by atoms with van der Waals surface area (Å²) in [5, 5.41) is 3.46. The largest absolute Gasteiger partial charge is 0.482 e. The first kappa shape index (κ1) is 24.3. The summed E-state index contributed by atoms with van der Waals surface area (Å²) < 4.78 is 11.6. The van der Waals surface area contributed by atoms with Gasteiger partial charge in [0.15, 0.2) is 12.6 Å². The number of nitrogens with zero attached hydrogens (tertiary/aromatic N) is 3. The molecular formula is C24H31IN4O3. The minimum absolute atomic E-state index is 0. The molecule has 0 spiro atoms. The molecule has 2 heterocycles. The Labute approximate surface area is 206 Å². The number of amides is 1. The van der Waals surface area contributed by atoms with E-state index in [1.807, 2.05) is 36.2 Å². The average molecular weight is 550 g/mol. The van der Waals surface area contributed by atoms with E-state index in [9.17, 15) is 4.79 Å². The zero-order valence-electron chi connectivity index (χ0n) is 18.6. The molecule has 1 atom stereocenters. The fourth-order valence-electron chi connectivity index (χ4n) is 4.15. The van der Waals surface area contributed by atoms with Crippen LogP contribution in [0.3, 0.4) is 0 Å². The van der Waals surface area contributed by atoms with Crippen molar-refractivity contribution in [1.82, 2.24) is 10.2 Å². The first-order valence-electron chi connectivity index (χ1n) is 10.8. The molecule has 0 aromatic heterocycles. The van der Waals surface area contributed by atoms with Crippen LogP contribution in [-0.2, 0) is 9.53 Å². The van der Waals surface area contributed by atoms with Crippen molar-refractivity contribution in [2.75, 3.05) is 51.3 Å². The molecule has 2 aliphatic rings. The van der Waals surface area contributed by atoms with Crippen LogP contribution in [-0.4, -0.2) is 63.2 Å². The topological polar surface area (TPSA) is 66.4 Å². The van der Waals surface area contributed by atoms with Crippen LogP contribution in [0.4, 0.5) is 5.69 Å². The van der Waals surface area contributed by atoms with E-state index in [4.69, 9.17) is 9.47 Å². The highest BCUT2D eigenvalue weighted by molar-refractivity contribution is 14.0. The van der Waals surface area contributed by atoms with E-state index in [0.717, 1.165) is 43.5 Å². The molecule has 4 rings (SSSR count). The number of ether oxygens (including phenoxy) is 2. The minimum atomic E-state index is -0.00247. The summed E-state index contributed by atoms with van der Waals surface area (Å²) in [5.74, 6) is 1.63. The van der Waals surface area contributed by atoms with Crippen LogP contribution in [0.5, 0.6) is 5.75 Å². The van der Waals surface area contributed by atoms with Crippen molar-refractivity contribution in [2.45, 2.75) is 19.4 Å². The third-order valence-corrected chi connectivity index (χ3v) is 5.76. The average Bonchev–Trinajstić information content (AvgIpc) is 2.80. The predicted octanol–water partition coefficient (Wildman–Crippen LogP) is 3.38.